The normalized spacial score (nSPS) is 10.8. The van der Waals surface area contributed by atoms with Crippen LogP contribution in [0.2, 0.25) is 0 Å². The molecule has 0 spiro atoms. The Labute approximate surface area is 273 Å². The molecule has 3 N–H and O–H groups in total. The Morgan fingerprint density at radius 2 is 1.78 bits per heavy atom. The molecule has 2 amide bonds. The molecule has 0 radical (unpaired) electrons. The first-order chi connectivity index (χ1) is 21.8. The number of nitrogens with zero attached hydrogens (tertiary/aromatic N) is 2. The van der Waals surface area contributed by atoms with Crippen LogP contribution in [0.4, 0.5) is 16.5 Å². The average molecular weight is 685 g/mol. The molecule has 0 bridgehead atoms. The molecule has 0 aliphatic carbocycles. The van der Waals surface area contributed by atoms with Crippen molar-refractivity contribution in [2.24, 2.45) is 5.10 Å². The second kappa shape index (κ2) is 14.7. The Hall–Kier alpha value is -5.00. The van der Waals surface area contributed by atoms with Gasteiger partial charge in [-0.1, -0.05) is 42.5 Å². The first-order valence-corrected chi connectivity index (χ1v) is 15.5. The lowest BCUT2D eigenvalue weighted by molar-refractivity contribution is -0.118. The minimum absolute atomic E-state index is 0.209. The number of aromatic nitrogens is 1. The Morgan fingerprint density at radius 1 is 1.00 bits per heavy atom. The van der Waals surface area contributed by atoms with Crippen molar-refractivity contribution >= 4 is 61.8 Å². The number of carbonyl (C=O) groups excluding carboxylic acids is 2. The molecule has 0 saturated heterocycles. The van der Waals surface area contributed by atoms with Gasteiger partial charge in [-0.2, -0.15) is 5.10 Å². The molecule has 0 aliphatic heterocycles. The molecule has 228 valence electrons. The maximum Gasteiger partial charge on any atom is 0.271 e. The number of aryl methyl sites for hydroxylation is 2. The molecule has 1 aromatic heterocycles. The topological polar surface area (TPSA) is 114 Å². The number of rotatable bonds is 11. The van der Waals surface area contributed by atoms with Gasteiger partial charge in [0.1, 0.15) is 0 Å². The van der Waals surface area contributed by atoms with Crippen LogP contribution in [-0.4, -0.2) is 36.7 Å². The van der Waals surface area contributed by atoms with E-state index in [0.717, 1.165) is 38.9 Å². The van der Waals surface area contributed by atoms with Crippen molar-refractivity contribution in [3.63, 3.8) is 0 Å². The van der Waals surface area contributed by atoms with Crippen molar-refractivity contribution in [2.75, 3.05) is 24.4 Å². The third-order valence-electron chi connectivity index (χ3n) is 6.62. The Bertz CT molecular complexity index is 1840. The quantitative estimate of drug-likeness (QED) is 0.0970. The summed E-state index contributed by atoms with van der Waals surface area (Å²) < 4.78 is 11.8. The fourth-order valence-corrected chi connectivity index (χ4v) is 5.59. The zero-order chi connectivity index (χ0) is 31.8. The summed E-state index contributed by atoms with van der Waals surface area (Å²) in [5, 5.41) is 13.0. The molecular weight excluding hydrogens is 654 g/mol. The van der Waals surface area contributed by atoms with E-state index in [1.54, 1.807) is 24.3 Å². The molecule has 0 unspecified atom stereocenters. The summed E-state index contributed by atoms with van der Waals surface area (Å²) >= 11 is 4.99. The van der Waals surface area contributed by atoms with E-state index in [1.807, 2.05) is 79.9 Å². The summed E-state index contributed by atoms with van der Waals surface area (Å²) in [6.07, 6.45) is 1.49. The molecule has 11 heteroatoms. The highest BCUT2D eigenvalue weighted by atomic mass is 79.9. The Kier molecular flexibility index (Phi) is 10.2. The second-order valence-corrected chi connectivity index (χ2v) is 11.7. The van der Waals surface area contributed by atoms with Gasteiger partial charge in [-0.15, -0.1) is 11.3 Å². The van der Waals surface area contributed by atoms with Crippen molar-refractivity contribution in [2.45, 2.75) is 13.8 Å². The summed E-state index contributed by atoms with van der Waals surface area (Å²) in [6.45, 7) is 3.68. The largest absolute Gasteiger partial charge is 0.493 e. The number of halogens is 1. The van der Waals surface area contributed by atoms with E-state index < -0.39 is 0 Å². The third-order valence-corrected chi connectivity index (χ3v) is 7.97. The molecule has 0 aliphatic rings. The van der Waals surface area contributed by atoms with Gasteiger partial charge in [-0.25, -0.2) is 10.4 Å². The molecule has 4 aromatic carbocycles. The molecule has 45 heavy (non-hydrogen) atoms. The third kappa shape index (κ3) is 8.34. The van der Waals surface area contributed by atoms with Gasteiger partial charge in [-0.3, -0.25) is 9.59 Å². The number of carbonyl (C=O) groups is 2. The van der Waals surface area contributed by atoms with E-state index in [0.29, 0.717) is 27.1 Å². The van der Waals surface area contributed by atoms with Gasteiger partial charge in [0.2, 0.25) is 0 Å². The van der Waals surface area contributed by atoms with Crippen LogP contribution < -0.4 is 25.5 Å². The van der Waals surface area contributed by atoms with Crippen LogP contribution in [0.25, 0.3) is 11.3 Å². The van der Waals surface area contributed by atoms with Crippen LogP contribution in [0.1, 0.15) is 27.0 Å². The first kappa shape index (κ1) is 31.4. The zero-order valence-corrected chi connectivity index (χ0v) is 27.2. The maximum atomic E-state index is 12.7. The van der Waals surface area contributed by atoms with E-state index >= 15 is 0 Å². The summed E-state index contributed by atoms with van der Waals surface area (Å²) in [4.78, 5) is 29.9. The highest BCUT2D eigenvalue weighted by Gasteiger charge is 2.14. The molecule has 9 nitrogen and oxygen atoms in total. The monoisotopic (exact) mass is 683 g/mol. The van der Waals surface area contributed by atoms with Crippen LogP contribution in [-0.2, 0) is 4.79 Å². The standard InChI is InChI=1S/C34H30BrN5O4S/c1-21-9-10-22(2)28(15-21)38-31(41)19-44-32-27(35)16-23(17-30(32)43-3)18-36-40-33(42)25-13-11-24(12-14-25)29-20-45-34(39-29)37-26-7-5-4-6-8-26/h4-18,20H,19H2,1-3H3,(H,37,39)(H,38,41)(H,40,42)/b36-18+. The van der Waals surface area contributed by atoms with Crippen molar-refractivity contribution in [1.82, 2.24) is 10.4 Å². The van der Waals surface area contributed by atoms with Crippen LogP contribution in [0.5, 0.6) is 11.5 Å². The minimum atomic E-state index is -0.358. The minimum Gasteiger partial charge on any atom is -0.493 e. The van der Waals surface area contributed by atoms with E-state index in [-0.39, 0.29) is 18.4 Å². The van der Waals surface area contributed by atoms with Crippen molar-refractivity contribution < 1.29 is 19.1 Å². The smallest absolute Gasteiger partial charge is 0.271 e. The van der Waals surface area contributed by atoms with Crippen molar-refractivity contribution in [1.29, 1.82) is 0 Å². The number of thiazole rings is 1. The number of amides is 2. The Balaban J connectivity index is 1.16. The fraction of sp³-hybridized carbons (Fsp3) is 0.118. The van der Waals surface area contributed by atoms with Gasteiger partial charge in [-0.05, 0) is 88.9 Å². The number of hydrazone groups is 1. The van der Waals surface area contributed by atoms with Gasteiger partial charge < -0.3 is 20.1 Å². The SMILES string of the molecule is COc1cc(/C=N/NC(=O)c2ccc(-c3csc(Nc4ccccc4)n3)cc2)cc(Br)c1OCC(=O)Nc1cc(C)ccc1C. The lowest BCUT2D eigenvalue weighted by Gasteiger charge is -2.14. The van der Waals surface area contributed by atoms with Gasteiger partial charge >= 0.3 is 0 Å². The predicted molar refractivity (Wildman–Crippen MR) is 183 cm³/mol. The molecule has 5 rings (SSSR count). The summed E-state index contributed by atoms with van der Waals surface area (Å²) in [5.41, 5.74) is 9.07. The van der Waals surface area contributed by atoms with Crippen molar-refractivity contribution in [3.8, 4) is 22.8 Å². The molecular formula is C34H30BrN5O4S. The molecule has 1 heterocycles. The summed E-state index contributed by atoms with van der Waals surface area (Å²) in [5.74, 6) is 0.119. The number of benzene rings is 4. The van der Waals surface area contributed by atoms with E-state index in [4.69, 9.17) is 9.47 Å². The van der Waals surface area contributed by atoms with Gasteiger partial charge in [0, 0.05) is 27.9 Å². The highest BCUT2D eigenvalue weighted by Crippen LogP contribution is 2.36. The van der Waals surface area contributed by atoms with E-state index in [2.05, 4.69) is 42.1 Å². The molecule has 0 fully saturated rings. The fourth-order valence-electron chi connectivity index (χ4n) is 4.28. The van der Waals surface area contributed by atoms with Crippen molar-refractivity contribution in [3.05, 3.63) is 117 Å². The zero-order valence-electron chi connectivity index (χ0n) is 24.8. The van der Waals surface area contributed by atoms with E-state index in [1.165, 1.54) is 24.7 Å². The molecule has 0 saturated carbocycles. The predicted octanol–water partition coefficient (Wildman–Crippen LogP) is 7.72. The second-order valence-electron chi connectivity index (χ2n) is 9.99. The number of para-hydroxylation sites is 1. The van der Waals surface area contributed by atoms with Gasteiger partial charge in [0.15, 0.2) is 23.2 Å². The summed E-state index contributed by atoms with van der Waals surface area (Å²) in [7, 11) is 1.50. The molecule has 5 aromatic rings. The lowest BCUT2D eigenvalue weighted by Crippen LogP contribution is -2.21. The number of nitrogens with one attached hydrogen (secondary N) is 3. The number of ether oxygens (including phenoxy) is 2. The number of anilines is 3. The number of hydrogen-bond donors (Lipinski definition) is 3. The maximum absolute atomic E-state index is 12.7. The highest BCUT2D eigenvalue weighted by molar-refractivity contribution is 9.10. The van der Waals surface area contributed by atoms with Gasteiger partial charge in [0.25, 0.3) is 11.8 Å². The lowest BCUT2D eigenvalue weighted by atomic mass is 10.1. The summed E-state index contributed by atoms with van der Waals surface area (Å²) in [6, 6.07) is 26.3. The Morgan fingerprint density at radius 3 is 2.53 bits per heavy atom. The van der Waals surface area contributed by atoms with Crippen LogP contribution in [0.3, 0.4) is 0 Å². The first-order valence-electron chi connectivity index (χ1n) is 13.9. The van der Waals surface area contributed by atoms with Crippen LogP contribution >= 0.6 is 27.3 Å². The average Bonchev–Trinajstić information content (AvgIpc) is 3.51. The number of methoxy groups -OCH3 is 1. The van der Waals surface area contributed by atoms with Crippen LogP contribution in [0, 0.1) is 13.8 Å². The van der Waals surface area contributed by atoms with Crippen LogP contribution in [0.15, 0.2) is 99.9 Å². The molecule has 0 atom stereocenters. The van der Waals surface area contributed by atoms with Gasteiger partial charge in [0.05, 0.1) is 23.5 Å². The number of hydrogen-bond acceptors (Lipinski definition) is 8. The van der Waals surface area contributed by atoms with E-state index in [9.17, 15) is 9.59 Å².